The standard InChI is InChI=1S/C21H24FN3O2S/c1-24(17-9-11-25(12-10-17)20(26)14-5-6-14)21(27)23-19-8-7-18(28-19)15-3-2-4-16(22)13-15/h2-4,7-8,13-14,17H,5-6,9-12H2,1H3,(H,23,27). The van der Waals surface area contributed by atoms with Crippen molar-refractivity contribution in [1.29, 1.82) is 0 Å². The minimum absolute atomic E-state index is 0.130. The zero-order chi connectivity index (χ0) is 19.7. The summed E-state index contributed by atoms with van der Waals surface area (Å²) < 4.78 is 13.4. The van der Waals surface area contributed by atoms with Gasteiger partial charge in [0.05, 0.1) is 5.00 Å². The van der Waals surface area contributed by atoms with Gasteiger partial charge >= 0.3 is 6.03 Å². The molecule has 0 spiro atoms. The van der Waals surface area contributed by atoms with Gasteiger partial charge in [-0.3, -0.25) is 10.1 Å². The molecule has 2 aromatic rings. The maximum Gasteiger partial charge on any atom is 0.322 e. The summed E-state index contributed by atoms with van der Waals surface area (Å²) in [5, 5.41) is 3.67. The zero-order valence-electron chi connectivity index (χ0n) is 15.9. The SMILES string of the molecule is CN(C(=O)Nc1ccc(-c2cccc(F)c2)s1)C1CCN(C(=O)C2CC2)CC1. The Labute approximate surface area is 168 Å². The summed E-state index contributed by atoms with van der Waals surface area (Å²) in [5.41, 5.74) is 0.798. The zero-order valence-corrected chi connectivity index (χ0v) is 16.7. The van der Waals surface area contributed by atoms with E-state index in [4.69, 9.17) is 0 Å². The van der Waals surface area contributed by atoms with E-state index < -0.39 is 0 Å². The lowest BCUT2D eigenvalue weighted by Gasteiger charge is -2.36. The van der Waals surface area contributed by atoms with Crippen LogP contribution in [0.2, 0.25) is 0 Å². The van der Waals surface area contributed by atoms with E-state index >= 15 is 0 Å². The number of hydrogen-bond acceptors (Lipinski definition) is 3. The Hall–Kier alpha value is -2.41. The Morgan fingerprint density at radius 2 is 1.89 bits per heavy atom. The van der Waals surface area contributed by atoms with Crippen molar-refractivity contribution >= 4 is 28.3 Å². The third-order valence-electron chi connectivity index (χ3n) is 5.52. The second kappa shape index (κ2) is 7.91. The predicted molar refractivity (Wildman–Crippen MR) is 109 cm³/mol. The molecule has 1 aliphatic heterocycles. The van der Waals surface area contributed by atoms with Gasteiger partial charge in [-0.2, -0.15) is 0 Å². The van der Waals surface area contributed by atoms with Crippen LogP contribution in [0.1, 0.15) is 25.7 Å². The summed E-state index contributed by atoms with van der Waals surface area (Å²) in [6.45, 7) is 1.45. The first-order valence-electron chi connectivity index (χ1n) is 9.69. The Balaban J connectivity index is 1.32. The lowest BCUT2D eigenvalue weighted by atomic mass is 10.0. The Morgan fingerprint density at radius 1 is 1.14 bits per heavy atom. The van der Waals surface area contributed by atoms with E-state index in [0.29, 0.717) is 0 Å². The van der Waals surface area contributed by atoms with Crippen LogP contribution < -0.4 is 5.32 Å². The third kappa shape index (κ3) is 4.19. The molecule has 3 amide bonds. The summed E-state index contributed by atoms with van der Waals surface area (Å²) in [5.74, 6) is 0.264. The first-order chi connectivity index (χ1) is 13.5. The molecule has 1 aliphatic carbocycles. The number of carbonyl (C=O) groups excluding carboxylic acids is 2. The molecule has 0 unspecified atom stereocenters. The van der Waals surface area contributed by atoms with Crippen LogP contribution in [0.25, 0.3) is 10.4 Å². The van der Waals surface area contributed by atoms with E-state index in [1.165, 1.54) is 23.5 Å². The molecule has 1 saturated carbocycles. The summed E-state index contributed by atoms with van der Waals surface area (Å²) in [6, 6.07) is 10.1. The molecule has 148 valence electrons. The number of halogens is 1. The number of urea groups is 1. The van der Waals surface area contributed by atoms with E-state index in [2.05, 4.69) is 5.32 Å². The van der Waals surface area contributed by atoms with Crippen LogP contribution in [0.15, 0.2) is 36.4 Å². The minimum atomic E-state index is -0.275. The molecule has 28 heavy (non-hydrogen) atoms. The number of amides is 3. The molecule has 1 aromatic carbocycles. The maximum absolute atomic E-state index is 13.4. The Morgan fingerprint density at radius 3 is 2.57 bits per heavy atom. The second-order valence-corrected chi connectivity index (χ2v) is 8.63. The lowest BCUT2D eigenvalue weighted by Crippen LogP contribution is -2.48. The molecule has 5 nitrogen and oxygen atoms in total. The fourth-order valence-electron chi connectivity index (χ4n) is 3.62. The number of hydrogen-bond donors (Lipinski definition) is 1. The number of rotatable bonds is 4. The van der Waals surface area contributed by atoms with Crippen molar-refractivity contribution < 1.29 is 14.0 Å². The summed E-state index contributed by atoms with van der Waals surface area (Å²) in [7, 11) is 1.81. The van der Waals surface area contributed by atoms with Gasteiger partial charge in [0.25, 0.3) is 0 Å². The molecular formula is C21H24FN3O2S. The van der Waals surface area contributed by atoms with Crippen molar-refractivity contribution in [2.45, 2.75) is 31.7 Å². The Kier molecular flexibility index (Phi) is 5.35. The normalized spacial score (nSPS) is 17.4. The molecule has 2 aliphatic rings. The average Bonchev–Trinajstić information content (AvgIpc) is 3.46. The van der Waals surface area contributed by atoms with Crippen molar-refractivity contribution in [2.24, 2.45) is 5.92 Å². The fourth-order valence-corrected chi connectivity index (χ4v) is 4.52. The highest BCUT2D eigenvalue weighted by molar-refractivity contribution is 7.19. The van der Waals surface area contributed by atoms with Gasteiger partial charge in [0.1, 0.15) is 5.82 Å². The summed E-state index contributed by atoms with van der Waals surface area (Å²) >= 11 is 1.42. The molecule has 0 bridgehead atoms. The van der Waals surface area contributed by atoms with Gasteiger partial charge in [-0.1, -0.05) is 12.1 Å². The first-order valence-corrected chi connectivity index (χ1v) is 10.5. The van der Waals surface area contributed by atoms with Crippen molar-refractivity contribution in [2.75, 3.05) is 25.5 Å². The molecule has 0 radical (unpaired) electrons. The highest BCUT2D eigenvalue weighted by Gasteiger charge is 2.35. The topological polar surface area (TPSA) is 52.7 Å². The number of carbonyl (C=O) groups is 2. The molecule has 0 atom stereocenters. The second-order valence-electron chi connectivity index (χ2n) is 7.55. The van der Waals surface area contributed by atoms with Gasteiger partial charge < -0.3 is 9.80 Å². The Bertz CT molecular complexity index is 872. The third-order valence-corrected chi connectivity index (χ3v) is 6.57. The molecule has 7 heteroatoms. The van der Waals surface area contributed by atoms with Crippen LogP contribution >= 0.6 is 11.3 Å². The van der Waals surface area contributed by atoms with E-state index in [9.17, 15) is 14.0 Å². The molecule has 2 fully saturated rings. The molecule has 1 saturated heterocycles. The van der Waals surface area contributed by atoms with Gasteiger partial charge in [0.15, 0.2) is 0 Å². The summed E-state index contributed by atoms with van der Waals surface area (Å²) in [4.78, 5) is 29.4. The molecular weight excluding hydrogens is 377 g/mol. The van der Waals surface area contributed by atoms with E-state index in [-0.39, 0.29) is 29.7 Å². The largest absolute Gasteiger partial charge is 0.342 e. The molecule has 1 aromatic heterocycles. The fraction of sp³-hybridized carbons (Fsp3) is 0.429. The van der Waals surface area contributed by atoms with Crippen LogP contribution in [0.4, 0.5) is 14.2 Å². The predicted octanol–water partition coefficient (Wildman–Crippen LogP) is 4.42. The number of likely N-dealkylation sites (tertiary alicyclic amines) is 1. The number of benzene rings is 1. The quantitative estimate of drug-likeness (QED) is 0.825. The monoisotopic (exact) mass is 401 g/mol. The number of piperidine rings is 1. The van der Waals surface area contributed by atoms with E-state index in [1.807, 2.05) is 23.1 Å². The number of anilines is 1. The van der Waals surface area contributed by atoms with Crippen LogP contribution in [0.5, 0.6) is 0 Å². The van der Waals surface area contributed by atoms with Gasteiger partial charge in [-0.15, -0.1) is 11.3 Å². The first kappa shape index (κ1) is 18.9. The number of nitrogens with zero attached hydrogens (tertiary/aromatic N) is 2. The van der Waals surface area contributed by atoms with Gasteiger partial charge in [-0.05, 0) is 55.5 Å². The van der Waals surface area contributed by atoms with E-state index in [1.54, 1.807) is 18.0 Å². The number of thiophene rings is 1. The summed E-state index contributed by atoms with van der Waals surface area (Å²) in [6.07, 6.45) is 3.67. The van der Waals surface area contributed by atoms with Crippen molar-refractivity contribution in [1.82, 2.24) is 9.80 Å². The van der Waals surface area contributed by atoms with Crippen molar-refractivity contribution in [3.8, 4) is 10.4 Å². The molecule has 4 rings (SSSR count). The van der Waals surface area contributed by atoms with Gasteiger partial charge in [-0.25, -0.2) is 9.18 Å². The van der Waals surface area contributed by atoms with E-state index in [0.717, 1.165) is 54.2 Å². The van der Waals surface area contributed by atoms with Crippen LogP contribution in [0, 0.1) is 11.7 Å². The highest BCUT2D eigenvalue weighted by Crippen LogP contribution is 2.33. The van der Waals surface area contributed by atoms with Crippen LogP contribution in [-0.4, -0.2) is 47.9 Å². The van der Waals surface area contributed by atoms with Crippen molar-refractivity contribution in [3.05, 3.63) is 42.2 Å². The van der Waals surface area contributed by atoms with Crippen LogP contribution in [-0.2, 0) is 4.79 Å². The highest BCUT2D eigenvalue weighted by atomic mass is 32.1. The van der Waals surface area contributed by atoms with Gasteiger partial charge in [0, 0.05) is 37.0 Å². The number of nitrogens with one attached hydrogen (secondary N) is 1. The minimum Gasteiger partial charge on any atom is -0.342 e. The molecule has 1 N–H and O–H groups in total. The smallest absolute Gasteiger partial charge is 0.322 e. The van der Waals surface area contributed by atoms with Crippen molar-refractivity contribution in [3.63, 3.8) is 0 Å². The van der Waals surface area contributed by atoms with Gasteiger partial charge in [0.2, 0.25) is 5.91 Å². The molecule has 2 heterocycles. The maximum atomic E-state index is 13.4. The lowest BCUT2D eigenvalue weighted by molar-refractivity contribution is -0.133. The average molecular weight is 402 g/mol. The van der Waals surface area contributed by atoms with Crippen LogP contribution in [0.3, 0.4) is 0 Å².